The van der Waals surface area contributed by atoms with Crippen LogP contribution in [0.1, 0.15) is 18.5 Å². The van der Waals surface area contributed by atoms with Crippen molar-refractivity contribution in [3.8, 4) is 5.75 Å². The van der Waals surface area contributed by atoms with Gasteiger partial charge in [0.2, 0.25) is 0 Å². The molecule has 4 nitrogen and oxygen atoms in total. The van der Waals surface area contributed by atoms with Crippen LogP contribution in [0.4, 0.5) is 19.3 Å². The molecule has 0 fully saturated rings. The zero-order chi connectivity index (χ0) is 16.8. The van der Waals surface area contributed by atoms with Gasteiger partial charge in [-0.3, -0.25) is 0 Å². The molecule has 1 N–H and O–H groups in total. The number of urea groups is 1. The van der Waals surface area contributed by atoms with E-state index in [9.17, 15) is 13.6 Å². The Labute approximate surface area is 133 Å². The summed E-state index contributed by atoms with van der Waals surface area (Å²) >= 11 is 0. The Morgan fingerprint density at radius 3 is 2.26 bits per heavy atom. The molecule has 2 aromatic carbocycles. The maximum atomic E-state index is 12.3. The van der Waals surface area contributed by atoms with E-state index in [0.717, 1.165) is 5.56 Å². The normalized spacial score (nSPS) is 11.9. The molecule has 23 heavy (non-hydrogen) atoms. The summed E-state index contributed by atoms with van der Waals surface area (Å²) in [6, 6.07) is 15.0. The van der Waals surface area contributed by atoms with Gasteiger partial charge < -0.3 is 15.0 Å². The van der Waals surface area contributed by atoms with E-state index in [1.54, 1.807) is 11.9 Å². The molecule has 2 rings (SSSR count). The summed E-state index contributed by atoms with van der Waals surface area (Å²) in [5.74, 6) is 0.0454. The highest BCUT2D eigenvalue weighted by Crippen LogP contribution is 2.21. The number of nitrogens with one attached hydrogen (secondary N) is 1. The summed E-state index contributed by atoms with van der Waals surface area (Å²) < 4.78 is 28.4. The first-order valence-corrected chi connectivity index (χ1v) is 7.11. The average Bonchev–Trinajstić information content (AvgIpc) is 2.55. The molecule has 0 aliphatic rings. The predicted octanol–water partition coefficient (Wildman–Crippen LogP) is 4.51. The minimum atomic E-state index is -2.87. The van der Waals surface area contributed by atoms with Gasteiger partial charge in [0.25, 0.3) is 0 Å². The maximum absolute atomic E-state index is 12.3. The van der Waals surface area contributed by atoms with E-state index >= 15 is 0 Å². The number of hydrogen-bond donors (Lipinski definition) is 1. The van der Waals surface area contributed by atoms with Gasteiger partial charge in [-0.25, -0.2) is 4.79 Å². The minimum Gasteiger partial charge on any atom is -0.435 e. The van der Waals surface area contributed by atoms with Crippen LogP contribution in [-0.4, -0.2) is 24.6 Å². The first kappa shape index (κ1) is 16.7. The number of alkyl halides is 2. The Balaban J connectivity index is 1.98. The van der Waals surface area contributed by atoms with Crippen molar-refractivity contribution in [2.24, 2.45) is 0 Å². The highest BCUT2D eigenvalue weighted by Gasteiger charge is 2.17. The van der Waals surface area contributed by atoms with Gasteiger partial charge in [-0.05, 0) is 36.8 Å². The Hall–Kier alpha value is -2.63. The molecule has 0 aliphatic heterocycles. The lowest BCUT2D eigenvalue weighted by atomic mass is 10.1. The molecule has 0 bridgehead atoms. The lowest BCUT2D eigenvalue weighted by molar-refractivity contribution is -0.0498. The van der Waals surface area contributed by atoms with Crippen molar-refractivity contribution in [3.05, 3.63) is 60.2 Å². The Kier molecular flexibility index (Phi) is 5.51. The summed E-state index contributed by atoms with van der Waals surface area (Å²) in [4.78, 5) is 13.8. The molecule has 0 unspecified atom stereocenters. The zero-order valence-electron chi connectivity index (χ0n) is 12.9. The summed E-state index contributed by atoms with van der Waals surface area (Å²) in [6.07, 6.45) is 0. The van der Waals surface area contributed by atoms with Crippen LogP contribution in [0.3, 0.4) is 0 Å². The fraction of sp³-hybridized carbons (Fsp3) is 0.235. The van der Waals surface area contributed by atoms with Gasteiger partial charge in [0.1, 0.15) is 5.75 Å². The number of halogens is 2. The number of hydrogen-bond acceptors (Lipinski definition) is 2. The van der Waals surface area contributed by atoms with E-state index in [-0.39, 0.29) is 17.8 Å². The van der Waals surface area contributed by atoms with E-state index in [1.807, 2.05) is 37.3 Å². The number of nitrogens with zero attached hydrogens (tertiary/aromatic N) is 1. The van der Waals surface area contributed by atoms with Gasteiger partial charge in [0.05, 0.1) is 6.04 Å². The van der Waals surface area contributed by atoms with Crippen molar-refractivity contribution in [1.82, 2.24) is 4.90 Å². The van der Waals surface area contributed by atoms with Gasteiger partial charge in [-0.2, -0.15) is 8.78 Å². The van der Waals surface area contributed by atoms with Gasteiger partial charge in [-0.1, -0.05) is 30.3 Å². The number of anilines is 1. The molecule has 0 radical (unpaired) electrons. The summed E-state index contributed by atoms with van der Waals surface area (Å²) in [5.41, 5.74) is 1.52. The molecule has 6 heteroatoms. The van der Waals surface area contributed by atoms with Crippen LogP contribution < -0.4 is 10.1 Å². The number of amides is 2. The number of carbonyl (C=O) groups excluding carboxylic acids is 1. The lowest BCUT2D eigenvalue weighted by Gasteiger charge is -2.25. The van der Waals surface area contributed by atoms with Crippen molar-refractivity contribution < 1.29 is 18.3 Å². The third-order valence-corrected chi connectivity index (χ3v) is 3.51. The van der Waals surface area contributed by atoms with Crippen LogP contribution in [0.25, 0.3) is 0 Å². The molecule has 0 saturated heterocycles. The molecule has 1 atom stereocenters. The highest BCUT2D eigenvalue weighted by molar-refractivity contribution is 5.89. The largest absolute Gasteiger partial charge is 0.435 e. The third-order valence-electron chi connectivity index (χ3n) is 3.51. The summed E-state index contributed by atoms with van der Waals surface area (Å²) in [7, 11) is 1.70. The van der Waals surface area contributed by atoms with Crippen LogP contribution in [0.5, 0.6) is 5.75 Å². The van der Waals surface area contributed by atoms with E-state index in [4.69, 9.17) is 0 Å². The van der Waals surface area contributed by atoms with Crippen LogP contribution in [-0.2, 0) is 0 Å². The Morgan fingerprint density at radius 2 is 1.70 bits per heavy atom. The van der Waals surface area contributed by atoms with Crippen molar-refractivity contribution in [3.63, 3.8) is 0 Å². The number of benzene rings is 2. The molecule has 122 valence electrons. The number of ether oxygens (including phenoxy) is 1. The van der Waals surface area contributed by atoms with Crippen LogP contribution in [0.15, 0.2) is 54.6 Å². The maximum Gasteiger partial charge on any atom is 0.387 e. The molecule has 0 aromatic heterocycles. The highest BCUT2D eigenvalue weighted by atomic mass is 19.3. The predicted molar refractivity (Wildman–Crippen MR) is 84.7 cm³/mol. The van der Waals surface area contributed by atoms with Crippen molar-refractivity contribution in [1.29, 1.82) is 0 Å². The van der Waals surface area contributed by atoms with E-state index in [2.05, 4.69) is 10.1 Å². The van der Waals surface area contributed by atoms with Crippen LogP contribution in [0.2, 0.25) is 0 Å². The lowest BCUT2D eigenvalue weighted by Crippen LogP contribution is -2.33. The molecule has 0 spiro atoms. The third kappa shape index (κ3) is 4.67. The molecular formula is C17H18F2N2O2. The van der Waals surface area contributed by atoms with Crippen LogP contribution in [0, 0.1) is 0 Å². The van der Waals surface area contributed by atoms with Crippen LogP contribution >= 0.6 is 0 Å². The fourth-order valence-electron chi connectivity index (χ4n) is 2.06. The molecule has 2 amide bonds. The van der Waals surface area contributed by atoms with Gasteiger partial charge >= 0.3 is 12.6 Å². The van der Waals surface area contributed by atoms with E-state index in [0.29, 0.717) is 5.69 Å². The van der Waals surface area contributed by atoms with Gasteiger partial charge in [-0.15, -0.1) is 0 Å². The Bertz CT molecular complexity index is 633. The van der Waals surface area contributed by atoms with Crippen molar-refractivity contribution in [2.45, 2.75) is 19.6 Å². The molecular weight excluding hydrogens is 302 g/mol. The Morgan fingerprint density at radius 1 is 1.09 bits per heavy atom. The minimum absolute atomic E-state index is 0.0454. The standard InChI is InChI=1S/C17H18F2N2O2/c1-12(13-6-4-3-5-7-13)21(2)17(22)20-14-8-10-15(11-9-14)23-16(18)19/h3-12,16H,1-2H3,(H,20,22)/t12-/m0/s1. The van der Waals surface area contributed by atoms with E-state index < -0.39 is 6.61 Å². The van der Waals surface area contributed by atoms with Crippen molar-refractivity contribution >= 4 is 11.7 Å². The smallest absolute Gasteiger partial charge is 0.387 e. The molecule has 0 saturated carbocycles. The van der Waals surface area contributed by atoms with Crippen molar-refractivity contribution in [2.75, 3.05) is 12.4 Å². The van der Waals surface area contributed by atoms with Gasteiger partial charge in [0.15, 0.2) is 0 Å². The quantitative estimate of drug-likeness (QED) is 0.880. The SMILES string of the molecule is C[C@@H](c1ccccc1)N(C)C(=O)Nc1ccc(OC(F)F)cc1. The first-order valence-electron chi connectivity index (χ1n) is 7.11. The molecule has 0 heterocycles. The zero-order valence-corrected chi connectivity index (χ0v) is 12.9. The number of carbonyl (C=O) groups is 1. The second-order valence-electron chi connectivity index (χ2n) is 5.03. The summed E-state index contributed by atoms with van der Waals surface area (Å²) in [6.45, 7) is -0.942. The fourth-order valence-corrected chi connectivity index (χ4v) is 2.06. The second-order valence-corrected chi connectivity index (χ2v) is 5.03. The average molecular weight is 320 g/mol. The second kappa shape index (κ2) is 7.58. The van der Waals surface area contributed by atoms with Gasteiger partial charge in [0, 0.05) is 12.7 Å². The first-order chi connectivity index (χ1) is 11.0. The number of rotatable bonds is 5. The summed E-state index contributed by atoms with van der Waals surface area (Å²) in [5, 5.41) is 2.72. The molecule has 0 aliphatic carbocycles. The monoisotopic (exact) mass is 320 g/mol. The van der Waals surface area contributed by atoms with E-state index in [1.165, 1.54) is 24.3 Å². The molecule has 2 aromatic rings. The topological polar surface area (TPSA) is 41.6 Å².